The topological polar surface area (TPSA) is 97.3 Å². The molecule has 7 nitrogen and oxygen atoms in total. The van der Waals surface area contributed by atoms with Gasteiger partial charge in [0, 0.05) is 41.9 Å². The van der Waals surface area contributed by atoms with Gasteiger partial charge in [0.15, 0.2) is 5.43 Å². The summed E-state index contributed by atoms with van der Waals surface area (Å²) in [6, 6.07) is 11.9. The lowest BCUT2D eigenvalue weighted by molar-refractivity contribution is 1.19. The number of nitrogens with zero attached hydrogens (tertiary/aromatic N) is 5. The number of nitrogens with one attached hydrogen (secondary N) is 1. The summed E-state index contributed by atoms with van der Waals surface area (Å²) in [5.74, 6) is 0. The van der Waals surface area contributed by atoms with Crippen molar-refractivity contribution in [2.24, 2.45) is 0 Å². The normalized spacial score (nSPS) is 11.3. The Balaban J connectivity index is 1.65. The van der Waals surface area contributed by atoms with E-state index in [0.717, 1.165) is 37.6 Å². The van der Waals surface area contributed by atoms with E-state index in [2.05, 4.69) is 31.0 Å². The van der Waals surface area contributed by atoms with Crippen molar-refractivity contribution in [2.45, 2.75) is 6.92 Å². The average molecular weight is 449 g/mol. The molecule has 0 aliphatic rings. The number of thiazole rings is 1. The Morgan fingerprint density at radius 3 is 2.70 bits per heavy atom. The molecular weight excluding hydrogens is 432 g/mol. The average Bonchev–Trinajstić information content (AvgIpc) is 3.30. The van der Waals surface area contributed by atoms with Crippen molar-refractivity contribution in [2.75, 3.05) is 0 Å². The number of aryl methyl sites for hydroxylation is 1. The number of aromatic nitrogens is 6. The number of fused-ring (bicyclic) bond motifs is 2. The molecule has 0 aliphatic heterocycles. The van der Waals surface area contributed by atoms with E-state index in [0.29, 0.717) is 22.3 Å². The van der Waals surface area contributed by atoms with Crippen molar-refractivity contribution >= 4 is 33.3 Å². The lowest BCUT2D eigenvalue weighted by Crippen LogP contribution is -2.09. The highest BCUT2D eigenvalue weighted by Gasteiger charge is 2.17. The first-order valence-electron chi connectivity index (χ1n) is 10.3. The zero-order valence-corrected chi connectivity index (χ0v) is 18.3. The SMILES string of the molecule is Cc1ncc(-c2nc3[nH]cc(-c4cnccn4)c(=O)c3cc2-c2ccc3ncccc3c2)s1. The van der Waals surface area contributed by atoms with Gasteiger partial charge in [0.25, 0.3) is 0 Å². The zero-order valence-electron chi connectivity index (χ0n) is 17.5. The fraction of sp³-hybridized carbons (Fsp3) is 0.0400. The molecule has 0 spiro atoms. The molecule has 0 unspecified atom stereocenters. The molecule has 1 aromatic carbocycles. The van der Waals surface area contributed by atoms with E-state index in [1.807, 2.05) is 43.5 Å². The number of rotatable bonds is 3. The summed E-state index contributed by atoms with van der Waals surface area (Å²) in [4.78, 5) is 39.6. The van der Waals surface area contributed by atoms with Crippen LogP contribution in [0.5, 0.6) is 0 Å². The number of pyridine rings is 3. The van der Waals surface area contributed by atoms with Crippen LogP contribution in [-0.4, -0.2) is 29.9 Å². The van der Waals surface area contributed by atoms with Crippen LogP contribution >= 0.6 is 11.3 Å². The van der Waals surface area contributed by atoms with Crippen molar-refractivity contribution in [3.63, 3.8) is 0 Å². The van der Waals surface area contributed by atoms with Crippen LogP contribution in [0.3, 0.4) is 0 Å². The minimum absolute atomic E-state index is 0.146. The summed E-state index contributed by atoms with van der Waals surface area (Å²) >= 11 is 1.57. The Labute approximate surface area is 191 Å². The summed E-state index contributed by atoms with van der Waals surface area (Å²) in [6.07, 6.45) is 9.97. The lowest BCUT2D eigenvalue weighted by Gasteiger charge is -2.11. The summed E-state index contributed by atoms with van der Waals surface area (Å²) in [5, 5.41) is 2.46. The molecule has 0 amide bonds. The molecule has 6 aromatic rings. The summed E-state index contributed by atoms with van der Waals surface area (Å²) in [6.45, 7) is 1.96. The monoisotopic (exact) mass is 448 g/mol. The Bertz CT molecular complexity index is 1710. The van der Waals surface area contributed by atoms with Gasteiger partial charge in [0.1, 0.15) is 5.65 Å². The number of benzene rings is 1. The highest BCUT2D eigenvalue weighted by molar-refractivity contribution is 7.15. The summed E-state index contributed by atoms with van der Waals surface area (Å²) < 4.78 is 0. The third-order valence-corrected chi connectivity index (χ3v) is 6.39. The van der Waals surface area contributed by atoms with Crippen molar-refractivity contribution in [1.82, 2.24) is 29.9 Å². The van der Waals surface area contributed by atoms with Gasteiger partial charge in [0.05, 0.1) is 43.9 Å². The Kier molecular flexibility index (Phi) is 4.51. The van der Waals surface area contributed by atoms with Crippen molar-refractivity contribution in [3.05, 3.63) is 88.8 Å². The van der Waals surface area contributed by atoms with E-state index < -0.39 is 0 Å². The molecule has 0 atom stereocenters. The second kappa shape index (κ2) is 7.68. The second-order valence-electron chi connectivity index (χ2n) is 7.56. The predicted octanol–water partition coefficient (Wildman–Crippen LogP) is 5.03. The van der Waals surface area contributed by atoms with Crippen LogP contribution in [0.4, 0.5) is 0 Å². The van der Waals surface area contributed by atoms with E-state index in [-0.39, 0.29) is 5.43 Å². The Morgan fingerprint density at radius 1 is 0.939 bits per heavy atom. The first-order valence-corrected chi connectivity index (χ1v) is 11.1. The highest BCUT2D eigenvalue weighted by atomic mass is 32.1. The molecule has 5 aromatic heterocycles. The summed E-state index contributed by atoms with van der Waals surface area (Å²) in [5.41, 5.74) is 4.84. The van der Waals surface area contributed by atoms with E-state index in [4.69, 9.17) is 4.98 Å². The van der Waals surface area contributed by atoms with E-state index >= 15 is 0 Å². The number of aromatic amines is 1. The molecule has 33 heavy (non-hydrogen) atoms. The molecule has 8 heteroatoms. The van der Waals surface area contributed by atoms with Crippen LogP contribution in [0.25, 0.3) is 54.9 Å². The standard InChI is InChI=1S/C25H16N6OS/c1-14-29-13-22(33-14)23-17(15-4-5-20-16(9-15)3-2-6-27-20)10-18-24(32)19(11-30-25(18)31-23)21-12-26-7-8-28-21/h2-13H,1H3,(H,30,31,32). The fourth-order valence-corrected chi connectivity index (χ4v) is 4.68. The molecule has 6 rings (SSSR count). The first-order chi connectivity index (χ1) is 16.2. The Morgan fingerprint density at radius 2 is 1.88 bits per heavy atom. The second-order valence-corrected chi connectivity index (χ2v) is 8.79. The maximum Gasteiger partial charge on any atom is 0.200 e. The quantitative estimate of drug-likeness (QED) is 0.408. The van der Waals surface area contributed by atoms with Crippen LogP contribution in [-0.2, 0) is 0 Å². The number of hydrogen-bond acceptors (Lipinski definition) is 7. The minimum Gasteiger partial charge on any atom is -0.345 e. The van der Waals surface area contributed by atoms with Gasteiger partial charge in [-0.25, -0.2) is 9.97 Å². The largest absolute Gasteiger partial charge is 0.345 e. The molecule has 0 aliphatic carbocycles. The first kappa shape index (κ1) is 19.4. The number of H-pyrrole nitrogens is 1. The van der Waals surface area contributed by atoms with Crippen molar-refractivity contribution in [3.8, 4) is 33.0 Å². The molecule has 0 saturated heterocycles. The maximum atomic E-state index is 13.4. The van der Waals surface area contributed by atoms with E-state index in [1.54, 1.807) is 42.3 Å². The van der Waals surface area contributed by atoms with Crippen LogP contribution in [0.15, 0.2) is 78.4 Å². The molecule has 1 N–H and O–H groups in total. The zero-order chi connectivity index (χ0) is 22.4. The van der Waals surface area contributed by atoms with Gasteiger partial charge in [-0.1, -0.05) is 12.1 Å². The lowest BCUT2D eigenvalue weighted by atomic mass is 9.99. The molecule has 5 heterocycles. The van der Waals surface area contributed by atoms with Crippen molar-refractivity contribution in [1.29, 1.82) is 0 Å². The molecular formula is C25H16N6OS. The molecule has 0 radical (unpaired) electrons. The van der Waals surface area contributed by atoms with Crippen molar-refractivity contribution < 1.29 is 0 Å². The van der Waals surface area contributed by atoms with Gasteiger partial charge in [-0.15, -0.1) is 11.3 Å². The Hall–Kier alpha value is -4.30. The molecule has 158 valence electrons. The van der Waals surface area contributed by atoms with E-state index in [1.165, 1.54) is 0 Å². The van der Waals surface area contributed by atoms with Gasteiger partial charge in [-0.2, -0.15) is 0 Å². The minimum atomic E-state index is -0.146. The van der Waals surface area contributed by atoms with Crippen LogP contribution in [0.1, 0.15) is 5.01 Å². The molecule has 0 fully saturated rings. The third-order valence-electron chi connectivity index (χ3n) is 5.47. The van der Waals surface area contributed by atoms with Gasteiger partial charge < -0.3 is 4.98 Å². The van der Waals surface area contributed by atoms with Gasteiger partial charge in [0.2, 0.25) is 0 Å². The third kappa shape index (κ3) is 3.37. The van der Waals surface area contributed by atoms with Crippen LogP contribution < -0.4 is 5.43 Å². The van der Waals surface area contributed by atoms with Crippen LogP contribution in [0, 0.1) is 6.92 Å². The fourth-order valence-electron chi connectivity index (χ4n) is 3.90. The summed E-state index contributed by atoms with van der Waals surface area (Å²) in [7, 11) is 0. The molecule has 0 saturated carbocycles. The maximum absolute atomic E-state index is 13.4. The van der Waals surface area contributed by atoms with Crippen LogP contribution in [0.2, 0.25) is 0 Å². The smallest absolute Gasteiger partial charge is 0.200 e. The molecule has 0 bridgehead atoms. The number of hydrogen-bond donors (Lipinski definition) is 1. The van der Waals surface area contributed by atoms with E-state index in [9.17, 15) is 4.79 Å². The van der Waals surface area contributed by atoms with Gasteiger partial charge >= 0.3 is 0 Å². The predicted molar refractivity (Wildman–Crippen MR) is 130 cm³/mol. The highest BCUT2D eigenvalue weighted by Crippen LogP contribution is 2.36. The van der Waals surface area contributed by atoms with Gasteiger partial charge in [-0.3, -0.25) is 19.7 Å². The van der Waals surface area contributed by atoms with Gasteiger partial charge in [-0.05, 0) is 36.8 Å².